The van der Waals surface area contributed by atoms with E-state index >= 15 is 0 Å². The number of aromatic nitrogens is 2. The minimum absolute atomic E-state index is 0.111. The van der Waals surface area contributed by atoms with Crippen molar-refractivity contribution in [3.05, 3.63) is 45.7 Å². The van der Waals surface area contributed by atoms with E-state index in [9.17, 15) is 8.78 Å². The standard InChI is InChI=1S/C12H5ClF2N2S/c13-11-7-3-8(14)9(15)4-10(7)16-12(17-11)6-1-2-18-5-6/h1-5H. The quantitative estimate of drug-likeness (QED) is 0.622. The fraction of sp³-hybridized carbons (Fsp3) is 0. The number of fused-ring (bicyclic) bond motifs is 1. The van der Waals surface area contributed by atoms with Crippen LogP contribution in [0.25, 0.3) is 22.3 Å². The van der Waals surface area contributed by atoms with E-state index in [1.165, 1.54) is 11.3 Å². The Hall–Kier alpha value is -1.59. The average Bonchev–Trinajstić information content (AvgIpc) is 2.85. The van der Waals surface area contributed by atoms with Gasteiger partial charge in [-0.15, -0.1) is 0 Å². The molecule has 6 heteroatoms. The summed E-state index contributed by atoms with van der Waals surface area (Å²) >= 11 is 7.46. The summed E-state index contributed by atoms with van der Waals surface area (Å²) in [5.74, 6) is -1.51. The lowest BCUT2D eigenvalue weighted by molar-refractivity contribution is 0.510. The molecule has 0 amide bonds. The van der Waals surface area contributed by atoms with Crippen LogP contribution in [0.3, 0.4) is 0 Å². The van der Waals surface area contributed by atoms with E-state index in [1.807, 2.05) is 16.8 Å². The van der Waals surface area contributed by atoms with Crippen LogP contribution in [0, 0.1) is 11.6 Å². The van der Waals surface area contributed by atoms with Crippen LogP contribution in [-0.2, 0) is 0 Å². The van der Waals surface area contributed by atoms with E-state index in [0.717, 1.165) is 17.7 Å². The molecule has 0 bridgehead atoms. The summed E-state index contributed by atoms with van der Waals surface area (Å²) in [6.45, 7) is 0. The summed E-state index contributed by atoms with van der Waals surface area (Å²) in [6, 6.07) is 3.86. The third-order valence-corrected chi connectivity index (χ3v) is 3.44. The third kappa shape index (κ3) is 1.85. The smallest absolute Gasteiger partial charge is 0.162 e. The Bertz CT molecular complexity index is 729. The lowest BCUT2D eigenvalue weighted by Crippen LogP contribution is -1.93. The molecular weight excluding hydrogens is 278 g/mol. The molecule has 0 fully saturated rings. The Labute approximate surface area is 110 Å². The molecule has 0 saturated carbocycles. The first-order valence-electron chi connectivity index (χ1n) is 5.00. The lowest BCUT2D eigenvalue weighted by atomic mass is 10.2. The zero-order chi connectivity index (χ0) is 12.7. The molecule has 0 saturated heterocycles. The molecule has 0 radical (unpaired) electrons. The minimum atomic E-state index is -0.962. The van der Waals surface area contributed by atoms with Crippen LogP contribution in [0.1, 0.15) is 0 Å². The molecule has 0 aliphatic carbocycles. The van der Waals surface area contributed by atoms with Crippen LogP contribution in [0.4, 0.5) is 8.78 Å². The molecule has 3 aromatic rings. The van der Waals surface area contributed by atoms with Gasteiger partial charge >= 0.3 is 0 Å². The molecule has 2 heterocycles. The van der Waals surface area contributed by atoms with Gasteiger partial charge in [-0.05, 0) is 17.5 Å². The van der Waals surface area contributed by atoms with Gasteiger partial charge in [0.1, 0.15) is 5.15 Å². The molecule has 0 atom stereocenters. The SMILES string of the molecule is Fc1cc2nc(-c3ccsc3)nc(Cl)c2cc1F. The second kappa shape index (κ2) is 4.26. The molecule has 2 nitrogen and oxygen atoms in total. The first kappa shape index (κ1) is 11.5. The maximum Gasteiger partial charge on any atom is 0.162 e. The van der Waals surface area contributed by atoms with Crippen molar-refractivity contribution in [3.63, 3.8) is 0 Å². The molecule has 0 spiro atoms. The molecule has 2 aromatic heterocycles. The second-order valence-electron chi connectivity index (χ2n) is 3.63. The highest BCUT2D eigenvalue weighted by atomic mass is 35.5. The second-order valence-corrected chi connectivity index (χ2v) is 4.77. The minimum Gasteiger partial charge on any atom is -0.228 e. The zero-order valence-electron chi connectivity index (χ0n) is 8.82. The topological polar surface area (TPSA) is 25.8 Å². The van der Waals surface area contributed by atoms with Crippen molar-refractivity contribution in [2.45, 2.75) is 0 Å². The Morgan fingerprint density at radius 1 is 1.11 bits per heavy atom. The van der Waals surface area contributed by atoms with E-state index in [1.54, 1.807) is 0 Å². The molecular formula is C12H5ClF2N2S. The number of rotatable bonds is 1. The van der Waals surface area contributed by atoms with Gasteiger partial charge in [-0.25, -0.2) is 18.7 Å². The number of benzene rings is 1. The maximum atomic E-state index is 13.2. The summed E-state index contributed by atoms with van der Waals surface area (Å²) in [7, 11) is 0. The molecule has 0 aliphatic heterocycles. The van der Waals surface area contributed by atoms with Crippen LogP contribution in [0.5, 0.6) is 0 Å². The molecule has 0 aliphatic rings. The predicted octanol–water partition coefficient (Wildman–Crippen LogP) is 4.29. The van der Waals surface area contributed by atoms with Crippen molar-refractivity contribution in [2.24, 2.45) is 0 Å². The van der Waals surface area contributed by atoms with Gasteiger partial charge in [0, 0.05) is 22.4 Å². The highest BCUT2D eigenvalue weighted by Gasteiger charge is 2.12. The summed E-state index contributed by atoms with van der Waals surface area (Å²) in [4.78, 5) is 8.27. The van der Waals surface area contributed by atoms with Gasteiger partial charge in [-0.3, -0.25) is 0 Å². The Morgan fingerprint density at radius 3 is 2.61 bits per heavy atom. The molecule has 0 unspecified atom stereocenters. The first-order valence-corrected chi connectivity index (χ1v) is 6.32. The van der Waals surface area contributed by atoms with E-state index in [0.29, 0.717) is 11.2 Å². The van der Waals surface area contributed by atoms with Gasteiger partial charge in [0.15, 0.2) is 17.5 Å². The van der Waals surface area contributed by atoms with Crippen molar-refractivity contribution in [3.8, 4) is 11.4 Å². The number of hydrogen-bond acceptors (Lipinski definition) is 3. The van der Waals surface area contributed by atoms with Crippen molar-refractivity contribution in [1.29, 1.82) is 0 Å². The zero-order valence-corrected chi connectivity index (χ0v) is 10.4. The van der Waals surface area contributed by atoms with E-state index in [2.05, 4.69) is 9.97 Å². The molecule has 18 heavy (non-hydrogen) atoms. The van der Waals surface area contributed by atoms with Crippen LogP contribution in [0.15, 0.2) is 29.0 Å². The van der Waals surface area contributed by atoms with Gasteiger partial charge in [0.2, 0.25) is 0 Å². The van der Waals surface area contributed by atoms with Crippen molar-refractivity contribution >= 4 is 33.8 Å². The van der Waals surface area contributed by atoms with Crippen LogP contribution < -0.4 is 0 Å². The molecule has 1 aromatic carbocycles. The Balaban J connectivity index is 2.30. The van der Waals surface area contributed by atoms with Crippen LogP contribution in [-0.4, -0.2) is 9.97 Å². The van der Waals surface area contributed by atoms with Gasteiger partial charge in [0.25, 0.3) is 0 Å². The Kier molecular flexibility index (Phi) is 2.72. The van der Waals surface area contributed by atoms with Crippen molar-refractivity contribution in [1.82, 2.24) is 9.97 Å². The average molecular weight is 283 g/mol. The van der Waals surface area contributed by atoms with Gasteiger partial charge in [0.05, 0.1) is 5.52 Å². The van der Waals surface area contributed by atoms with E-state index in [-0.39, 0.29) is 10.7 Å². The first-order chi connectivity index (χ1) is 8.65. The predicted molar refractivity (Wildman–Crippen MR) is 67.8 cm³/mol. The summed E-state index contributed by atoms with van der Waals surface area (Å²) in [6.07, 6.45) is 0. The Morgan fingerprint density at radius 2 is 1.89 bits per heavy atom. The highest BCUT2D eigenvalue weighted by molar-refractivity contribution is 7.08. The number of hydrogen-bond donors (Lipinski definition) is 0. The molecule has 0 N–H and O–H groups in total. The monoisotopic (exact) mass is 282 g/mol. The normalized spacial score (nSPS) is 11.1. The summed E-state index contributed by atoms with van der Waals surface area (Å²) in [5, 5.41) is 4.15. The number of thiophene rings is 1. The fourth-order valence-corrected chi connectivity index (χ4v) is 2.47. The maximum absolute atomic E-state index is 13.2. The number of nitrogens with zero attached hydrogens (tertiary/aromatic N) is 2. The van der Waals surface area contributed by atoms with Crippen LogP contribution in [0.2, 0.25) is 5.15 Å². The number of halogens is 3. The summed E-state index contributed by atoms with van der Waals surface area (Å²) < 4.78 is 26.3. The summed E-state index contributed by atoms with van der Waals surface area (Å²) in [5.41, 5.74) is 1.09. The van der Waals surface area contributed by atoms with Crippen LogP contribution >= 0.6 is 22.9 Å². The lowest BCUT2D eigenvalue weighted by Gasteiger charge is -2.03. The third-order valence-electron chi connectivity index (χ3n) is 2.47. The highest BCUT2D eigenvalue weighted by Crippen LogP contribution is 2.27. The van der Waals surface area contributed by atoms with Crippen molar-refractivity contribution < 1.29 is 8.78 Å². The molecule has 3 rings (SSSR count). The van der Waals surface area contributed by atoms with E-state index < -0.39 is 11.6 Å². The van der Waals surface area contributed by atoms with Crippen molar-refractivity contribution in [2.75, 3.05) is 0 Å². The van der Waals surface area contributed by atoms with Gasteiger partial charge in [-0.2, -0.15) is 11.3 Å². The largest absolute Gasteiger partial charge is 0.228 e. The van der Waals surface area contributed by atoms with Gasteiger partial charge < -0.3 is 0 Å². The van der Waals surface area contributed by atoms with Gasteiger partial charge in [-0.1, -0.05) is 11.6 Å². The van der Waals surface area contributed by atoms with E-state index in [4.69, 9.17) is 11.6 Å². The molecule has 90 valence electrons. The fourth-order valence-electron chi connectivity index (χ4n) is 1.61.